The molecule has 1 atom stereocenters. The van der Waals surface area contributed by atoms with Gasteiger partial charge in [-0.2, -0.15) is 18.4 Å². The standard InChI is InChI=1S/C25H23ClF3N3OS/c1-12-7-15(13(2)34-12)21-16(11-30)23(31)32(19-9-24(3,4)10-20(33)22(19)21)18-8-14(25(27,28)29)5-6-17(18)26/h5-8,21H,9-10,31H2,1-4H3. The van der Waals surface area contributed by atoms with Crippen LogP contribution in [0.2, 0.25) is 5.02 Å². The minimum atomic E-state index is -4.60. The maximum Gasteiger partial charge on any atom is 0.416 e. The van der Waals surface area contributed by atoms with Crippen molar-refractivity contribution in [1.82, 2.24) is 0 Å². The lowest BCUT2D eigenvalue weighted by Crippen LogP contribution is -2.42. The Morgan fingerprint density at radius 2 is 1.91 bits per heavy atom. The van der Waals surface area contributed by atoms with Crippen LogP contribution in [0.25, 0.3) is 0 Å². The van der Waals surface area contributed by atoms with Crippen molar-refractivity contribution in [2.75, 3.05) is 4.90 Å². The van der Waals surface area contributed by atoms with Crippen LogP contribution in [-0.4, -0.2) is 5.78 Å². The maximum absolute atomic E-state index is 13.5. The molecule has 0 bridgehead atoms. The highest BCUT2D eigenvalue weighted by molar-refractivity contribution is 7.12. The number of hydrogen-bond donors (Lipinski definition) is 1. The van der Waals surface area contributed by atoms with E-state index >= 15 is 0 Å². The highest BCUT2D eigenvalue weighted by Crippen LogP contribution is 2.52. The fourth-order valence-corrected chi connectivity index (χ4v) is 6.06. The minimum absolute atomic E-state index is 0.00332. The van der Waals surface area contributed by atoms with Crippen LogP contribution >= 0.6 is 22.9 Å². The summed E-state index contributed by atoms with van der Waals surface area (Å²) >= 11 is 7.94. The molecule has 1 unspecified atom stereocenters. The number of carbonyl (C=O) groups is 1. The van der Waals surface area contributed by atoms with E-state index < -0.39 is 23.1 Å². The van der Waals surface area contributed by atoms with Crippen molar-refractivity contribution < 1.29 is 18.0 Å². The van der Waals surface area contributed by atoms with Crippen LogP contribution in [-0.2, 0) is 11.0 Å². The zero-order valence-corrected chi connectivity index (χ0v) is 20.7. The van der Waals surface area contributed by atoms with E-state index in [1.54, 1.807) is 11.3 Å². The first kappa shape index (κ1) is 24.4. The van der Waals surface area contributed by atoms with Gasteiger partial charge in [-0.15, -0.1) is 11.3 Å². The summed E-state index contributed by atoms with van der Waals surface area (Å²) in [6, 6.07) is 7.06. The third-order valence-electron chi connectivity index (χ3n) is 6.29. The van der Waals surface area contributed by atoms with Crippen LogP contribution in [0.1, 0.15) is 53.5 Å². The molecule has 0 fully saturated rings. The second-order valence-electron chi connectivity index (χ2n) is 9.51. The molecule has 1 aromatic heterocycles. The van der Waals surface area contributed by atoms with Crippen LogP contribution in [0.4, 0.5) is 18.9 Å². The Hall–Kier alpha value is -2.76. The molecule has 34 heavy (non-hydrogen) atoms. The number of anilines is 1. The topological polar surface area (TPSA) is 70.1 Å². The van der Waals surface area contributed by atoms with Gasteiger partial charge < -0.3 is 5.73 Å². The van der Waals surface area contributed by atoms with E-state index in [0.29, 0.717) is 17.7 Å². The maximum atomic E-state index is 13.5. The van der Waals surface area contributed by atoms with Crippen LogP contribution in [0, 0.1) is 30.6 Å². The molecular formula is C25H23ClF3N3OS. The molecule has 0 saturated heterocycles. The number of hydrogen-bond acceptors (Lipinski definition) is 5. The predicted molar refractivity (Wildman–Crippen MR) is 127 cm³/mol. The molecule has 0 radical (unpaired) electrons. The summed E-state index contributed by atoms with van der Waals surface area (Å²) in [5, 5.41) is 10.2. The Balaban J connectivity index is 2.05. The summed E-state index contributed by atoms with van der Waals surface area (Å²) in [6.45, 7) is 7.72. The van der Waals surface area contributed by atoms with Crippen molar-refractivity contribution in [2.45, 2.75) is 52.6 Å². The Morgan fingerprint density at radius 1 is 1.24 bits per heavy atom. The molecule has 178 valence electrons. The van der Waals surface area contributed by atoms with E-state index in [-0.39, 0.29) is 34.3 Å². The molecule has 0 amide bonds. The molecule has 4 rings (SSSR count). The monoisotopic (exact) mass is 505 g/mol. The molecule has 2 aliphatic rings. The quantitative estimate of drug-likeness (QED) is 0.478. The summed E-state index contributed by atoms with van der Waals surface area (Å²) in [5.74, 6) is -0.830. The van der Waals surface area contributed by atoms with Gasteiger partial charge in [0.2, 0.25) is 0 Å². The number of aryl methyl sites for hydroxylation is 2. The summed E-state index contributed by atoms with van der Waals surface area (Å²) in [5.41, 5.74) is 7.01. The van der Waals surface area contributed by atoms with Gasteiger partial charge in [-0.3, -0.25) is 9.69 Å². The zero-order valence-electron chi connectivity index (χ0n) is 19.1. The molecule has 2 N–H and O–H groups in total. The molecule has 9 heteroatoms. The Bertz CT molecular complexity index is 1310. The molecule has 0 saturated carbocycles. The third kappa shape index (κ3) is 4.01. The van der Waals surface area contributed by atoms with Crippen molar-refractivity contribution in [2.24, 2.45) is 11.1 Å². The lowest BCUT2D eigenvalue weighted by molar-refractivity contribution is -0.137. The molecule has 4 nitrogen and oxygen atoms in total. The normalized spacial score (nSPS) is 20.5. The Kier molecular flexibility index (Phi) is 5.86. The number of nitriles is 1. The van der Waals surface area contributed by atoms with Crippen molar-refractivity contribution in [1.29, 1.82) is 5.26 Å². The smallest absolute Gasteiger partial charge is 0.384 e. The fraction of sp³-hybridized carbons (Fsp3) is 0.360. The molecule has 0 spiro atoms. The first-order valence-corrected chi connectivity index (χ1v) is 11.8. The number of carbonyl (C=O) groups excluding carboxylic acids is 1. The van der Waals surface area contributed by atoms with Gasteiger partial charge in [0.1, 0.15) is 5.82 Å². The lowest BCUT2D eigenvalue weighted by Gasteiger charge is -2.44. The van der Waals surface area contributed by atoms with Crippen molar-refractivity contribution in [3.05, 3.63) is 72.8 Å². The number of ketones is 1. The van der Waals surface area contributed by atoms with Gasteiger partial charge in [0, 0.05) is 27.4 Å². The summed E-state index contributed by atoms with van der Waals surface area (Å²) < 4.78 is 40.6. The summed E-state index contributed by atoms with van der Waals surface area (Å²) in [6.07, 6.45) is -3.95. The van der Waals surface area contributed by atoms with Crippen LogP contribution in [0.5, 0.6) is 0 Å². The number of nitrogens with two attached hydrogens (primary N) is 1. The lowest BCUT2D eigenvalue weighted by atomic mass is 9.68. The summed E-state index contributed by atoms with van der Waals surface area (Å²) in [4.78, 5) is 16.9. The number of benzene rings is 1. The van der Waals surface area contributed by atoms with Gasteiger partial charge in [0.05, 0.1) is 33.8 Å². The highest BCUT2D eigenvalue weighted by atomic mass is 35.5. The van der Waals surface area contributed by atoms with E-state index in [9.17, 15) is 23.2 Å². The van der Waals surface area contributed by atoms with Gasteiger partial charge in [-0.25, -0.2) is 0 Å². The Morgan fingerprint density at radius 3 is 2.47 bits per heavy atom. The van der Waals surface area contributed by atoms with E-state index in [1.165, 1.54) is 4.90 Å². The second kappa shape index (κ2) is 8.17. The number of halogens is 4. The average molecular weight is 506 g/mol. The average Bonchev–Trinajstić information content (AvgIpc) is 3.04. The summed E-state index contributed by atoms with van der Waals surface area (Å²) in [7, 11) is 0. The number of nitrogens with zero attached hydrogens (tertiary/aromatic N) is 2. The van der Waals surface area contributed by atoms with Gasteiger partial charge in [-0.1, -0.05) is 25.4 Å². The SMILES string of the molecule is Cc1cc(C2C(C#N)=C(N)N(c3cc(C(F)(F)F)ccc3Cl)C3=C2C(=O)CC(C)(C)C3)c(C)s1. The first-order valence-electron chi connectivity index (χ1n) is 10.6. The van der Waals surface area contributed by atoms with Crippen LogP contribution in [0.15, 0.2) is 46.9 Å². The zero-order chi connectivity index (χ0) is 25.2. The molecule has 2 heterocycles. The third-order valence-corrected chi connectivity index (χ3v) is 7.59. The number of Topliss-reactive ketones (excluding diaryl/α,β-unsaturated/α-hetero) is 1. The van der Waals surface area contributed by atoms with E-state index in [4.69, 9.17) is 17.3 Å². The van der Waals surface area contributed by atoms with Gasteiger partial charge in [0.25, 0.3) is 0 Å². The van der Waals surface area contributed by atoms with Crippen molar-refractivity contribution in [3.63, 3.8) is 0 Å². The molecule has 1 aliphatic carbocycles. The molecule has 1 aliphatic heterocycles. The van der Waals surface area contributed by atoms with E-state index in [2.05, 4.69) is 6.07 Å². The van der Waals surface area contributed by atoms with Gasteiger partial charge in [-0.05, 0) is 55.5 Å². The van der Waals surface area contributed by atoms with Gasteiger partial charge in [0.15, 0.2) is 5.78 Å². The molecule has 1 aromatic carbocycles. The van der Waals surface area contributed by atoms with Crippen molar-refractivity contribution in [3.8, 4) is 6.07 Å². The van der Waals surface area contributed by atoms with Gasteiger partial charge >= 0.3 is 6.18 Å². The van der Waals surface area contributed by atoms with E-state index in [0.717, 1.165) is 33.5 Å². The molecular weight excluding hydrogens is 483 g/mol. The largest absolute Gasteiger partial charge is 0.416 e. The highest BCUT2D eigenvalue weighted by Gasteiger charge is 2.46. The number of allylic oxidation sites excluding steroid dienone is 3. The second-order valence-corrected chi connectivity index (χ2v) is 11.4. The molecule has 2 aromatic rings. The Labute approximate surface area is 205 Å². The number of thiophene rings is 1. The van der Waals surface area contributed by atoms with E-state index in [1.807, 2.05) is 33.8 Å². The van der Waals surface area contributed by atoms with Crippen LogP contribution in [0.3, 0.4) is 0 Å². The number of alkyl halides is 3. The van der Waals surface area contributed by atoms with Crippen LogP contribution < -0.4 is 10.6 Å². The minimum Gasteiger partial charge on any atom is -0.384 e. The first-order chi connectivity index (χ1) is 15.7. The fourth-order valence-electron chi connectivity index (χ4n) is 4.89. The predicted octanol–water partition coefficient (Wildman–Crippen LogP) is 6.98. The number of rotatable bonds is 2. The van der Waals surface area contributed by atoms with Crippen molar-refractivity contribution >= 4 is 34.4 Å².